The molecular formula is C32H31N3O7. The Morgan fingerprint density at radius 2 is 1.64 bits per heavy atom. The third-order valence-corrected chi connectivity index (χ3v) is 5.79. The van der Waals surface area contributed by atoms with Gasteiger partial charge in [0.1, 0.15) is 18.2 Å². The minimum atomic E-state index is -1.08. The van der Waals surface area contributed by atoms with Crippen LogP contribution in [0.25, 0.3) is 6.08 Å². The number of carbonyl (C=O) groups is 4. The van der Waals surface area contributed by atoms with Crippen molar-refractivity contribution in [3.8, 4) is 5.75 Å². The number of carbonyl (C=O) groups excluding carboxylic acids is 4. The lowest BCUT2D eigenvalue weighted by Crippen LogP contribution is -2.25. The predicted octanol–water partition coefficient (Wildman–Crippen LogP) is 3.86. The number of ether oxygens (including phenoxy) is 3. The van der Waals surface area contributed by atoms with E-state index < -0.39 is 29.9 Å². The highest BCUT2D eigenvalue weighted by molar-refractivity contribution is 5.96. The summed E-state index contributed by atoms with van der Waals surface area (Å²) in [6.07, 6.45) is 4.36. The number of nitrogens with one attached hydrogen (secondary N) is 2. The summed E-state index contributed by atoms with van der Waals surface area (Å²) in [7, 11) is 0. The maximum Gasteiger partial charge on any atom is 0.347 e. The summed E-state index contributed by atoms with van der Waals surface area (Å²) in [6.45, 7) is 3.34. The average molecular weight is 570 g/mol. The topological polar surface area (TPSA) is 158 Å². The second kappa shape index (κ2) is 15.3. The SMILES string of the molecule is Cc1cc(C(=O)Oc2ccc(C(=N)N)cc2)ccc1/C=C/C(=O)NC/C=C/C(=O)OC(C)C(=O)OCc1ccccc1. The Kier molecular flexibility index (Phi) is 11.3. The van der Waals surface area contributed by atoms with E-state index in [1.54, 1.807) is 55.5 Å². The van der Waals surface area contributed by atoms with Gasteiger partial charge in [0, 0.05) is 24.3 Å². The van der Waals surface area contributed by atoms with Gasteiger partial charge in [-0.2, -0.15) is 0 Å². The molecule has 4 N–H and O–H groups in total. The monoisotopic (exact) mass is 569 g/mol. The fourth-order valence-electron chi connectivity index (χ4n) is 3.50. The fourth-order valence-corrected chi connectivity index (χ4v) is 3.50. The lowest BCUT2D eigenvalue weighted by atomic mass is 10.0. The number of hydrogen-bond acceptors (Lipinski definition) is 8. The molecule has 0 bridgehead atoms. The maximum atomic E-state index is 12.5. The lowest BCUT2D eigenvalue weighted by molar-refractivity contribution is -0.164. The van der Waals surface area contributed by atoms with Gasteiger partial charge < -0.3 is 25.3 Å². The molecule has 0 heterocycles. The summed E-state index contributed by atoms with van der Waals surface area (Å²) in [5.41, 5.74) is 8.57. The van der Waals surface area contributed by atoms with Crippen LogP contribution in [-0.2, 0) is 30.5 Å². The van der Waals surface area contributed by atoms with E-state index in [9.17, 15) is 19.2 Å². The van der Waals surface area contributed by atoms with Crippen molar-refractivity contribution in [2.45, 2.75) is 26.6 Å². The van der Waals surface area contributed by atoms with Gasteiger partial charge in [-0.05, 0) is 73.0 Å². The summed E-state index contributed by atoms with van der Waals surface area (Å²) in [6, 6.07) is 20.3. The van der Waals surface area contributed by atoms with Crippen LogP contribution in [0.15, 0.2) is 91.0 Å². The first-order valence-electron chi connectivity index (χ1n) is 12.9. The number of nitrogens with two attached hydrogens (primary N) is 1. The van der Waals surface area contributed by atoms with E-state index in [1.807, 2.05) is 30.3 Å². The first-order valence-corrected chi connectivity index (χ1v) is 12.9. The zero-order valence-electron chi connectivity index (χ0n) is 23.2. The molecule has 3 aromatic rings. The smallest absolute Gasteiger partial charge is 0.347 e. The molecule has 1 unspecified atom stereocenters. The van der Waals surface area contributed by atoms with Crippen molar-refractivity contribution in [1.82, 2.24) is 5.32 Å². The van der Waals surface area contributed by atoms with E-state index in [0.717, 1.165) is 22.8 Å². The highest BCUT2D eigenvalue weighted by Crippen LogP contribution is 2.17. The maximum absolute atomic E-state index is 12.5. The molecular weight excluding hydrogens is 538 g/mol. The summed E-state index contributed by atoms with van der Waals surface area (Å²) >= 11 is 0. The van der Waals surface area contributed by atoms with Crippen LogP contribution >= 0.6 is 0 Å². The predicted molar refractivity (Wildman–Crippen MR) is 157 cm³/mol. The Balaban J connectivity index is 1.41. The Labute approximate surface area is 243 Å². The molecule has 3 rings (SSSR count). The van der Waals surface area contributed by atoms with Crippen LogP contribution < -0.4 is 15.8 Å². The molecule has 42 heavy (non-hydrogen) atoms. The molecule has 0 aliphatic carbocycles. The van der Waals surface area contributed by atoms with Gasteiger partial charge in [0.05, 0.1) is 5.56 Å². The zero-order valence-corrected chi connectivity index (χ0v) is 23.2. The third kappa shape index (κ3) is 9.91. The Bertz CT molecular complexity index is 1500. The van der Waals surface area contributed by atoms with E-state index in [0.29, 0.717) is 16.9 Å². The summed E-state index contributed by atoms with van der Waals surface area (Å²) < 4.78 is 15.5. The molecule has 0 fully saturated rings. The Hall–Kier alpha value is -5.51. The first-order chi connectivity index (χ1) is 20.1. The number of amidine groups is 1. The van der Waals surface area contributed by atoms with Crippen molar-refractivity contribution in [3.05, 3.63) is 119 Å². The van der Waals surface area contributed by atoms with E-state index in [-0.39, 0.29) is 19.0 Å². The number of nitrogen functional groups attached to an aromatic ring is 1. The molecule has 3 aromatic carbocycles. The van der Waals surface area contributed by atoms with Gasteiger partial charge >= 0.3 is 17.9 Å². The van der Waals surface area contributed by atoms with Crippen molar-refractivity contribution in [2.75, 3.05) is 6.54 Å². The normalized spacial score (nSPS) is 11.6. The van der Waals surface area contributed by atoms with Gasteiger partial charge in [0.2, 0.25) is 5.91 Å². The number of amides is 1. The molecule has 0 aromatic heterocycles. The van der Waals surface area contributed by atoms with Crippen molar-refractivity contribution >= 4 is 35.7 Å². The highest BCUT2D eigenvalue weighted by atomic mass is 16.6. The number of hydrogen-bond donors (Lipinski definition) is 3. The lowest BCUT2D eigenvalue weighted by Gasteiger charge is -2.11. The van der Waals surface area contributed by atoms with Crippen molar-refractivity contribution in [1.29, 1.82) is 5.41 Å². The molecule has 0 spiro atoms. The second-order valence-electron chi connectivity index (χ2n) is 9.05. The van der Waals surface area contributed by atoms with Crippen LogP contribution in [0.3, 0.4) is 0 Å². The van der Waals surface area contributed by atoms with Gasteiger partial charge in [0.25, 0.3) is 0 Å². The van der Waals surface area contributed by atoms with Crippen LogP contribution in [0, 0.1) is 12.3 Å². The van der Waals surface area contributed by atoms with Crippen LogP contribution in [-0.4, -0.2) is 42.3 Å². The summed E-state index contributed by atoms with van der Waals surface area (Å²) in [4.78, 5) is 48.6. The van der Waals surface area contributed by atoms with Gasteiger partial charge in [0.15, 0.2) is 6.10 Å². The van der Waals surface area contributed by atoms with E-state index in [1.165, 1.54) is 19.1 Å². The molecule has 1 atom stereocenters. The van der Waals surface area contributed by atoms with Crippen LogP contribution in [0.1, 0.15) is 39.5 Å². The van der Waals surface area contributed by atoms with Crippen LogP contribution in [0.5, 0.6) is 5.75 Å². The van der Waals surface area contributed by atoms with Crippen LogP contribution in [0.2, 0.25) is 0 Å². The number of benzene rings is 3. The second-order valence-corrected chi connectivity index (χ2v) is 9.05. The average Bonchev–Trinajstić information content (AvgIpc) is 2.98. The quantitative estimate of drug-likeness (QED) is 0.0975. The van der Waals surface area contributed by atoms with E-state index >= 15 is 0 Å². The molecule has 216 valence electrons. The molecule has 0 aliphatic heterocycles. The molecule has 0 radical (unpaired) electrons. The Morgan fingerprint density at radius 3 is 2.31 bits per heavy atom. The van der Waals surface area contributed by atoms with Gasteiger partial charge in [-0.1, -0.05) is 42.5 Å². The van der Waals surface area contributed by atoms with Gasteiger partial charge in [-0.25, -0.2) is 14.4 Å². The molecule has 10 nitrogen and oxygen atoms in total. The number of rotatable bonds is 12. The summed E-state index contributed by atoms with van der Waals surface area (Å²) in [5, 5.41) is 10.0. The fraction of sp³-hybridized carbons (Fsp3) is 0.156. The molecule has 10 heteroatoms. The molecule has 0 saturated heterocycles. The molecule has 0 saturated carbocycles. The minimum absolute atomic E-state index is 0.0578. The van der Waals surface area contributed by atoms with Crippen molar-refractivity contribution in [3.63, 3.8) is 0 Å². The van der Waals surface area contributed by atoms with Crippen molar-refractivity contribution in [2.24, 2.45) is 5.73 Å². The highest BCUT2D eigenvalue weighted by Gasteiger charge is 2.18. The number of aryl methyl sites for hydroxylation is 1. The minimum Gasteiger partial charge on any atom is -0.458 e. The first kappa shape index (κ1) is 31.0. The van der Waals surface area contributed by atoms with Crippen molar-refractivity contribution < 1.29 is 33.4 Å². The van der Waals surface area contributed by atoms with Crippen LogP contribution in [0.4, 0.5) is 0 Å². The molecule has 1 amide bonds. The van der Waals surface area contributed by atoms with E-state index in [4.69, 9.17) is 25.4 Å². The molecule has 0 aliphatic rings. The van der Waals surface area contributed by atoms with Gasteiger partial charge in [-0.15, -0.1) is 0 Å². The van der Waals surface area contributed by atoms with Gasteiger partial charge in [-0.3, -0.25) is 10.2 Å². The number of esters is 3. The third-order valence-electron chi connectivity index (χ3n) is 5.79. The van der Waals surface area contributed by atoms with E-state index in [2.05, 4.69) is 5.32 Å². The largest absolute Gasteiger partial charge is 0.458 e. The summed E-state index contributed by atoms with van der Waals surface area (Å²) in [5.74, 6) is -2.12. The Morgan fingerprint density at radius 1 is 0.952 bits per heavy atom. The standard InChI is InChI=1S/C32H31N3O7/c1-21-19-26(32(39)42-27-15-12-25(13-16-27)30(33)34)11-10-24(21)14-17-28(36)35-18-6-9-29(37)41-22(2)31(38)40-20-23-7-4-3-5-8-23/h3-17,19,22H,18,20H2,1-2H3,(H3,33,34)(H,35,36)/b9-6+,17-14+. The zero-order chi connectivity index (χ0) is 30.5.